The molecule has 1 heterocycles. The first-order valence-corrected chi connectivity index (χ1v) is 4.28. The van der Waals surface area contributed by atoms with E-state index in [1.807, 2.05) is 31.3 Å². The maximum Gasteiger partial charge on any atom is 0.0527 e. The maximum atomic E-state index is 5.75. The van der Waals surface area contributed by atoms with Crippen molar-refractivity contribution in [2.75, 3.05) is 5.73 Å². The molecule has 2 heteroatoms. The van der Waals surface area contributed by atoms with Gasteiger partial charge in [-0.3, -0.25) is 0 Å². The van der Waals surface area contributed by atoms with E-state index in [9.17, 15) is 0 Å². The Morgan fingerprint density at radius 2 is 1.85 bits per heavy atom. The lowest BCUT2D eigenvalue weighted by Gasteiger charge is -1.99. The van der Waals surface area contributed by atoms with Crippen molar-refractivity contribution in [2.45, 2.75) is 6.92 Å². The smallest absolute Gasteiger partial charge is 0.0527 e. The van der Waals surface area contributed by atoms with E-state index in [-0.39, 0.29) is 0 Å². The van der Waals surface area contributed by atoms with Crippen LogP contribution in [0.15, 0.2) is 36.5 Å². The molecule has 0 amide bonds. The van der Waals surface area contributed by atoms with Crippen LogP contribution in [0.1, 0.15) is 5.56 Å². The van der Waals surface area contributed by atoms with Crippen LogP contribution in [0.25, 0.3) is 11.3 Å². The van der Waals surface area contributed by atoms with Crippen LogP contribution >= 0.6 is 0 Å². The number of hydrogen-bond donors (Lipinski definition) is 2. The Kier molecular flexibility index (Phi) is 1.81. The van der Waals surface area contributed by atoms with Crippen LogP contribution in [0.4, 0.5) is 5.69 Å². The van der Waals surface area contributed by atoms with Crippen LogP contribution in [0.3, 0.4) is 0 Å². The molecule has 0 saturated carbocycles. The highest BCUT2D eigenvalue weighted by Crippen LogP contribution is 2.25. The van der Waals surface area contributed by atoms with Gasteiger partial charge in [-0.2, -0.15) is 0 Å². The number of aromatic amines is 1. The van der Waals surface area contributed by atoms with Gasteiger partial charge in [0.05, 0.1) is 11.4 Å². The Hall–Kier alpha value is -1.70. The second kappa shape index (κ2) is 2.98. The third-order valence-electron chi connectivity index (χ3n) is 2.24. The molecule has 0 aliphatic rings. The van der Waals surface area contributed by atoms with Gasteiger partial charge in [-0.15, -0.1) is 0 Å². The molecule has 3 N–H and O–H groups in total. The second-order valence-electron chi connectivity index (χ2n) is 3.11. The summed E-state index contributed by atoms with van der Waals surface area (Å²) in [5, 5.41) is 0. The Morgan fingerprint density at radius 1 is 1.15 bits per heavy atom. The van der Waals surface area contributed by atoms with Crippen LogP contribution in [0, 0.1) is 6.92 Å². The summed E-state index contributed by atoms with van der Waals surface area (Å²) in [6, 6.07) is 10.2. The molecule has 0 spiro atoms. The van der Waals surface area contributed by atoms with Gasteiger partial charge in [-0.1, -0.05) is 30.3 Å². The van der Waals surface area contributed by atoms with Crippen molar-refractivity contribution >= 4 is 5.69 Å². The van der Waals surface area contributed by atoms with E-state index in [1.165, 1.54) is 5.56 Å². The topological polar surface area (TPSA) is 41.8 Å². The van der Waals surface area contributed by atoms with Crippen LogP contribution in [-0.4, -0.2) is 4.98 Å². The molecule has 1 aromatic heterocycles. The lowest BCUT2D eigenvalue weighted by molar-refractivity contribution is 1.38. The molecular formula is C11H12N2. The Balaban J connectivity index is 2.53. The van der Waals surface area contributed by atoms with Crippen molar-refractivity contribution in [3.05, 3.63) is 42.1 Å². The summed E-state index contributed by atoms with van der Waals surface area (Å²) >= 11 is 0. The third-order valence-corrected chi connectivity index (χ3v) is 2.24. The zero-order valence-electron chi connectivity index (χ0n) is 7.54. The van der Waals surface area contributed by atoms with Gasteiger partial charge >= 0.3 is 0 Å². The average molecular weight is 172 g/mol. The molecule has 0 bridgehead atoms. The molecule has 1 aromatic carbocycles. The fraction of sp³-hybridized carbons (Fsp3) is 0.0909. The summed E-state index contributed by atoms with van der Waals surface area (Å²) in [5.74, 6) is 0. The summed E-state index contributed by atoms with van der Waals surface area (Å²) in [6.07, 6.45) is 1.83. The first kappa shape index (κ1) is 7.92. The number of benzene rings is 1. The molecule has 0 radical (unpaired) electrons. The minimum absolute atomic E-state index is 0.818. The van der Waals surface area contributed by atoms with Gasteiger partial charge in [0.1, 0.15) is 0 Å². The van der Waals surface area contributed by atoms with Crippen LogP contribution in [0.2, 0.25) is 0 Å². The molecule has 0 aliphatic heterocycles. The molecule has 2 rings (SSSR count). The number of nitrogens with two attached hydrogens (primary N) is 1. The Labute approximate surface area is 77.4 Å². The van der Waals surface area contributed by atoms with E-state index in [2.05, 4.69) is 17.1 Å². The monoisotopic (exact) mass is 172 g/mol. The number of nitrogens with one attached hydrogen (secondary N) is 1. The molecular weight excluding hydrogens is 160 g/mol. The second-order valence-corrected chi connectivity index (χ2v) is 3.11. The lowest BCUT2D eigenvalue weighted by Crippen LogP contribution is -1.84. The van der Waals surface area contributed by atoms with Crippen LogP contribution in [-0.2, 0) is 0 Å². The van der Waals surface area contributed by atoms with Gasteiger partial charge in [0.25, 0.3) is 0 Å². The van der Waals surface area contributed by atoms with Crippen molar-refractivity contribution in [2.24, 2.45) is 0 Å². The predicted molar refractivity (Wildman–Crippen MR) is 55.4 cm³/mol. The zero-order chi connectivity index (χ0) is 9.26. The van der Waals surface area contributed by atoms with E-state index >= 15 is 0 Å². The van der Waals surface area contributed by atoms with Gasteiger partial charge in [-0.05, 0) is 18.1 Å². The third kappa shape index (κ3) is 1.31. The highest BCUT2D eigenvalue weighted by Gasteiger charge is 2.04. The number of rotatable bonds is 1. The summed E-state index contributed by atoms with van der Waals surface area (Å²) in [5.41, 5.74) is 9.97. The summed E-state index contributed by atoms with van der Waals surface area (Å²) in [7, 11) is 0. The summed E-state index contributed by atoms with van der Waals surface area (Å²) in [6.45, 7) is 2.02. The Bertz CT molecular complexity index is 401. The maximum absolute atomic E-state index is 5.75. The van der Waals surface area contributed by atoms with Gasteiger partial charge in [0.15, 0.2) is 0 Å². The van der Waals surface area contributed by atoms with Crippen molar-refractivity contribution in [1.82, 2.24) is 4.98 Å². The molecule has 0 atom stereocenters. The first-order valence-electron chi connectivity index (χ1n) is 4.28. The number of nitrogen functional groups attached to an aromatic ring is 1. The van der Waals surface area contributed by atoms with Gasteiger partial charge in [0, 0.05) is 6.20 Å². The highest BCUT2D eigenvalue weighted by molar-refractivity contribution is 5.69. The molecule has 0 saturated heterocycles. The lowest BCUT2D eigenvalue weighted by atomic mass is 10.1. The fourth-order valence-electron chi connectivity index (χ4n) is 1.42. The number of aromatic nitrogens is 1. The van der Waals surface area contributed by atoms with Crippen LogP contribution in [0.5, 0.6) is 0 Å². The summed E-state index contributed by atoms with van der Waals surface area (Å²) in [4.78, 5) is 3.16. The zero-order valence-corrected chi connectivity index (χ0v) is 7.54. The quantitative estimate of drug-likeness (QED) is 0.682. The average Bonchev–Trinajstić information content (AvgIpc) is 2.49. The van der Waals surface area contributed by atoms with E-state index < -0.39 is 0 Å². The van der Waals surface area contributed by atoms with Gasteiger partial charge in [-0.25, -0.2) is 0 Å². The van der Waals surface area contributed by atoms with E-state index in [0.29, 0.717) is 0 Å². The number of hydrogen-bond acceptors (Lipinski definition) is 1. The highest BCUT2D eigenvalue weighted by atomic mass is 14.7. The molecule has 2 nitrogen and oxygen atoms in total. The molecule has 0 aliphatic carbocycles. The molecule has 0 unspecified atom stereocenters. The number of H-pyrrole nitrogens is 1. The van der Waals surface area contributed by atoms with Crippen LogP contribution < -0.4 is 5.73 Å². The van der Waals surface area contributed by atoms with Gasteiger partial charge in [0.2, 0.25) is 0 Å². The Morgan fingerprint density at radius 3 is 2.38 bits per heavy atom. The molecule has 66 valence electrons. The predicted octanol–water partition coefficient (Wildman–Crippen LogP) is 2.57. The van der Waals surface area contributed by atoms with Crippen molar-refractivity contribution in [3.63, 3.8) is 0 Å². The molecule has 13 heavy (non-hydrogen) atoms. The minimum Gasteiger partial charge on any atom is -0.397 e. The van der Waals surface area contributed by atoms with E-state index in [4.69, 9.17) is 5.73 Å². The van der Waals surface area contributed by atoms with E-state index in [1.54, 1.807) is 0 Å². The molecule has 0 fully saturated rings. The van der Waals surface area contributed by atoms with Crippen molar-refractivity contribution in [3.8, 4) is 11.3 Å². The van der Waals surface area contributed by atoms with E-state index in [0.717, 1.165) is 16.9 Å². The number of anilines is 1. The minimum atomic E-state index is 0.818. The molecule has 2 aromatic rings. The first-order chi connectivity index (χ1) is 6.29. The fourth-order valence-corrected chi connectivity index (χ4v) is 1.42. The standard InChI is InChI=1S/C11H12N2/c1-8-10(12)7-13-11(8)9-5-3-2-4-6-9/h2-7,13H,12H2,1H3. The SMILES string of the molecule is Cc1c(N)c[nH]c1-c1ccccc1. The van der Waals surface area contributed by atoms with Crippen molar-refractivity contribution in [1.29, 1.82) is 0 Å². The largest absolute Gasteiger partial charge is 0.397 e. The normalized spacial score (nSPS) is 10.2. The summed E-state index contributed by atoms with van der Waals surface area (Å²) < 4.78 is 0. The van der Waals surface area contributed by atoms with Crippen molar-refractivity contribution < 1.29 is 0 Å². The van der Waals surface area contributed by atoms with Gasteiger partial charge < -0.3 is 10.7 Å².